The van der Waals surface area contributed by atoms with Gasteiger partial charge < -0.3 is 13.7 Å². The van der Waals surface area contributed by atoms with Gasteiger partial charge in [-0.05, 0) is 140 Å². The first-order valence-electron chi connectivity index (χ1n) is 23.1. The van der Waals surface area contributed by atoms with Crippen LogP contribution in [0.15, 0.2) is 205 Å². The summed E-state index contributed by atoms with van der Waals surface area (Å²) in [6, 6.07) is 59.8. The molecule has 4 heteroatoms. The van der Waals surface area contributed by atoms with E-state index in [0.29, 0.717) is 0 Å². The molecule has 3 heterocycles. The van der Waals surface area contributed by atoms with Crippen molar-refractivity contribution in [2.45, 2.75) is 46.0 Å². The molecule has 0 fully saturated rings. The summed E-state index contributed by atoms with van der Waals surface area (Å²) in [5, 5.41) is 6.21. The third-order valence-electron chi connectivity index (χ3n) is 14.1. The molecule has 0 radical (unpaired) electrons. The van der Waals surface area contributed by atoms with E-state index in [1.807, 2.05) is 0 Å². The molecule has 7 aromatic carbocycles. The Hall–Kier alpha value is -7.69. The highest BCUT2D eigenvalue weighted by atomic mass is 15.0. The van der Waals surface area contributed by atoms with Crippen molar-refractivity contribution < 1.29 is 0 Å². The van der Waals surface area contributed by atoms with Crippen LogP contribution in [0.4, 0.5) is 0 Å². The van der Waals surface area contributed by atoms with Gasteiger partial charge in [-0.2, -0.15) is 0 Å². The summed E-state index contributed by atoms with van der Waals surface area (Å²) >= 11 is 0. The zero-order valence-corrected chi connectivity index (χ0v) is 37.0. The topological polar surface area (TPSA) is 27.1 Å². The molecule has 1 unspecified atom stereocenters. The van der Waals surface area contributed by atoms with E-state index in [0.717, 1.165) is 77.2 Å². The Morgan fingerprint density at radius 1 is 0.585 bits per heavy atom. The second kappa shape index (κ2) is 15.5. The number of para-hydroxylation sites is 3. The third-order valence-corrected chi connectivity index (χ3v) is 14.1. The van der Waals surface area contributed by atoms with Crippen molar-refractivity contribution >= 4 is 72.0 Å². The average Bonchev–Trinajstić information content (AvgIpc) is 3.99. The largest absolute Gasteiger partial charge is 0.310 e. The standard InChI is InChI=1S/C61H50N4/c1-41(37-60(61(3)35-17-6-18-36-61)62-42(2)43-19-7-4-8-20-43)63-57-32-29-45(44-30-33-59-51(38-44)50-25-13-16-28-56(50)64(59)46-21-9-5-10-22-46)39-52(57)53-40-47(31-34-58(53)63)65-54-26-14-11-23-48(54)49-24-12-15-27-55(49)65/h4-5,7-11,13-17,19-23,25-35,37-40H,1,6,12,18,24,36H2,2-3H3/b60-37-,62-42?. The van der Waals surface area contributed by atoms with E-state index in [-0.39, 0.29) is 5.41 Å². The maximum atomic E-state index is 5.43. The monoisotopic (exact) mass is 838 g/mol. The fraction of sp³-hybridized carbons (Fsp3) is 0.131. The number of benzene rings is 7. The average molecular weight is 839 g/mol. The fourth-order valence-electron chi connectivity index (χ4n) is 10.8. The lowest BCUT2D eigenvalue weighted by Gasteiger charge is -2.30. The highest BCUT2D eigenvalue weighted by Gasteiger charge is 2.29. The van der Waals surface area contributed by atoms with Gasteiger partial charge >= 0.3 is 0 Å². The van der Waals surface area contributed by atoms with Crippen LogP contribution in [0.3, 0.4) is 0 Å². The molecule has 1 atom stereocenters. The number of aryl methyl sites for hydroxylation is 1. The van der Waals surface area contributed by atoms with E-state index in [2.05, 4.69) is 222 Å². The number of aliphatic imine (C=N–C) groups is 1. The van der Waals surface area contributed by atoms with Crippen molar-refractivity contribution in [3.63, 3.8) is 0 Å². The summed E-state index contributed by atoms with van der Waals surface area (Å²) in [7, 11) is 0. The molecule has 65 heavy (non-hydrogen) atoms. The lowest BCUT2D eigenvalue weighted by molar-refractivity contribution is 0.429. The minimum Gasteiger partial charge on any atom is -0.310 e. The van der Waals surface area contributed by atoms with Crippen molar-refractivity contribution in [1.82, 2.24) is 13.7 Å². The van der Waals surface area contributed by atoms with Crippen LogP contribution in [0.2, 0.25) is 0 Å². The lowest BCUT2D eigenvalue weighted by atomic mass is 9.77. The Labute approximate surface area is 380 Å². The number of aromatic nitrogens is 3. The Morgan fingerprint density at radius 3 is 1.94 bits per heavy atom. The molecular formula is C61H50N4. The summed E-state index contributed by atoms with van der Waals surface area (Å²) in [6.45, 7) is 9.32. The first kappa shape index (κ1) is 38.9. The van der Waals surface area contributed by atoms with Crippen molar-refractivity contribution in [1.29, 1.82) is 0 Å². The van der Waals surface area contributed by atoms with Gasteiger partial charge in [0.05, 0.1) is 33.3 Å². The van der Waals surface area contributed by atoms with E-state index < -0.39 is 0 Å². The van der Waals surface area contributed by atoms with Gasteiger partial charge in [-0.25, -0.2) is 0 Å². The Balaban J connectivity index is 1.07. The van der Waals surface area contributed by atoms with Crippen LogP contribution < -0.4 is 0 Å². The molecule has 0 spiro atoms. The van der Waals surface area contributed by atoms with Crippen LogP contribution in [-0.2, 0) is 6.42 Å². The third kappa shape index (κ3) is 6.46. The molecule has 3 aromatic heterocycles. The molecular weight excluding hydrogens is 789 g/mol. The van der Waals surface area contributed by atoms with Crippen molar-refractivity contribution in [2.75, 3.05) is 0 Å². The maximum Gasteiger partial charge on any atom is 0.0542 e. The molecule has 0 bridgehead atoms. The van der Waals surface area contributed by atoms with Crippen LogP contribution in [0.1, 0.15) is 56.4 Å². The minimum absolute atomic E-state index is 0.222. The lowest BCUT2D eigenvalue weighted by Crippen LogP contribution is -2.19. The number of allylic oxidation sites excluding steroid dienone is 5. The zero-order valence-electron chi connectivity index (χ0n) is 37.0. The molecule has 0 saturated carbocycles. The number of rotatable bonds is 8. The van der Waals surface area contributed by atoms with E-state index in [4.69, 9.17) is 11.6 Å². The van der Waals surface area contributed by atoms with Gasteiger partial charge in [0, 0.05) is 60.8 Å². The molecule has 0 saturated heterocycles. The first-order chi connectivity index (χ1) is 31.9. The summed E-state index contributed by atoms with van der Waals surface area (Å²) in [5.74, 6) is 0. The van der Waals surface area contributed by atoms with Gasteiger partial charge in [0.15, 0.2) is 0 Å². The van der Waals surface area contributed by atoms with Crippen molar-refractivity contribution in [3.05, 3.63) is 217 Å². The normalized spacial score (nSPS) is 16.6. The van der Waals surface area contributed by atoms with Gasteiger partial charge in [-0.3, -0.25) is 4.99 Å². The number of nitrogens with zero attached hydrogens (tertiary/aromatic N) is 4. The van der Waals surface area contributed by atoms with Crippen LogP contribution in [0.5, 0.6) is 0 Å². The SMILES string of the molecule is C=C(/C=C(\N=C(C)c1ccccc1)C1(C)C=CCCC1)n1c2ccc(-c3ccc4c(c3)c3ccccc3n4-c3ccccc3)cc2c2cc(-n3c4c(c5ccccc53)CCC=C4)ccc21. The summed E-state index contributed by atoms with van der Waals surface area (Å²) < 4.78 is 7.21. The Bertz CT molecular complexity index is 3660. The molecule has 10 aromatic rings. The quantitative estimate of drug-likeness (QED) is 0.0828. The molecule has 0 aliphatic heterocycles. The van der Waals surface area contributed by atoms with Gasteiger partial charge in [0.2, 0.25) is 0 Å². The molecule has 2 aliphatic carbocycles. The molecule has 0 N–H and O–H groups in total. The van der Waals surface area contributed by atoms with E-state index in [9.17, 15) is 0 Å². The highest BCUT2D eigenvalue weighted by Crippen LogP contribution is 2.43. The summed E-state index contributed by atoms with van der Waals surface area (Å²) in [5.41, 5.74) is 17.1. The maximum absolute atomic E-state index is 5.43. The Kier molecular flexibility index (Phi) is 9.31. The van der Waals surface area contributed by atoms with E-state index in [1.54, 1.807) is 0 Å². The second-order valence-electron chi connectivity index (χ2n) is 18.1. The van der Waals surface area contributed by atoms with Gasteiger partial charge in [0.25, 0.3) is 0 Å². The number of hydrogen-bond acceptors (Lipinski definition) is 1. The fourth-order valence-corrected chi connectivity index (χ4v) is 10.8. The highest BCUT2D eigenvalue weighted by molar-refractivity contribution is 6.14. The zero-order chi connectivity index (χ0) is 43.6. The Morgan fingerprint density at radius 2 is 1.20 bits per heavy atom. The minimum atomic E-state index is -0.222. The molecule has 12 rings (SSSR count). The molecule has 2 aliphatic rings. The molecule has 314 valence electrons. The van der Waals surface area contributed by atoms with Gasteiger partial charge in [-0.1, -0.05) is 129 Å². The van der Waals surface area contributed by atoms with Crippen LogP contribution in [0, 0.1) is 5.41 Å². The number of fused-ring (bicyclic) bond motifs is 9. The van der Waals surface area contributed by atoms with Gasteiger partial charge in [0.1, 0.15) is 0 Å². The van der Waals surface area contributed by atoms with E-state index >= 15 is 0 Å². The summed E-state index contributed by atoms with van der Waals surface area (Å²) in [6.07, 6.45) is 17.0. The van der Waals surface area contributed by atoms with Crippen molar-refractivity contribution in [3.8, 4) is 22.5 Å². The van der Waals surface area contributed by atoms with Crippen LogP contribution in [-0.4, -0.2) is 19.4 Å². The smallest absolute Gasteiger partial charge is 0.0542 e. The van der Waals surface area contributed by atoms with Crippen molar-refractivity contribution in [2.24, 2.45) is 10.4 Å². The number of hydrogen-bond donors (Lipinski definition) is 0. The molecule has 0 amide bonds. The van der Waals surface area contributed by atoms with Crippen LogP contribution in [0.25, 0.3) is 88.8 Å². The summed E-state index contributed by atoms with van der Waals surface area (Å²) in [4.78, 5) is 5.43. The predicted molar refractivity (Wildman–Crippen MR) is 277 cm³/mol. The van der Waals surface area contributed by atoms with Gasteiger partial charge in [-0.15, -0.1) is 0 Å². The first-order valence-corrected chi connectivity index (χ1v) is 23.1. The predicted octanol–water partition coefficient (Wildman–Crippen LogP) is 16.1. The molecule has 4 nitrogen and oxygen atoms in total. The second-order valence-corrected chi connectivity index (χ2v) is 18.1. The van der Waals surface area contributed by atoms with Crippen LogP contribution >= 0.6 is 0 Å². The van der Waals surface area contributed by atoms with E-state index in [1.165, 1.54) is 65.9 Å².